The number of aromatic amines is 1. The summed E-state index contributed by atoms with van der Waals surface area (Å²) in [5.41, 5.74) is 12.9. The molecule has 0 saturated carbocycles. The molecule has 0 bridgehead atoms. The molecule has 1 atom stereocenters. The van der Waals surface area contributed by atoms with Crippen molar-refractivity contribution in [3.63, 3.8) is 0 Å². The summed E-state index contributed by atoms with van der Waals surface area (Å²) in [5.74, 6) is 1.38. The van der Waals surface area contributed by atoms with Crippen LogP contribution in [0.2, 0.25) is 0 Å². The molecule has 0 spiro atoms. The van der Waals surface area contributed by atoms with Gasteiger partial charge in [-0.15, -0.1) is 0 Å². The fourth-order valence-corrected chi connectivity index (χ4v) is 4.73. The molecule has 0 amide bonds. The predicted molar refractivity (Wildman–Crippen MR) is 115 cm³/mol. The number of anilines is 2. The van der Waals surface area contributed by atoms with E-state index in [9.17, 15) is 0 Å². The number of aromatic nitrogens is 3. The van der Waals surface area contributed by atoms with Crippen LogP contribution in [0.25, 0.3) is 11.2 Å². The second-order valence-corrected chi connectivity index (χ2v) is 8.26. The second-order valence-electron chi connectivity index (χ2n) is 8.26. The lowest BCUT2D eigenvalue weighted by Crippen LogP contribution is -2.36. The Balaban J connectivity index is 1.42. The van der Waals surface area contributed by atoms with Gasteiger partial charge in [-0.3, -0.25) is 4.90 Å². The van der Waals surface area contributed by atoms with Crippen molar-refractivity contribution in [2.75, 3.05) is 31.3 Å². The van der Waals surface area contributed by atoms with Gasteiger partial charge in [-0.25, -0.2) is 9.97 Å². The number of nitrogens with one attached hydrogen (secondary N) is 2. The number of nitrogen functional groups attached to an aromatic ring is 1. The van der Waals surface area contributed by atoms with Crippen LogP contribution in [-0.4, -0.2) is 46.2 Å². The standard InChI is InChI=1S/C22H28N6O/c1-13-24-21-17(11-20(23)27-22(21)25-13)19-10-16-14(4-3-5-18(16)26-19)12-28(2)15-6-8-29-9-7-15/h3-5,11,15,19,26H,6-10,12H2,1-2H3,(H3,23,24,25,27). The smallest absolute Gasteiger partial charge is 0.160 e. The number of nitrogens with two attached hydrogens (primary N) is 1. The van der Waals surface area contributed by atoms with E-state index in [1.807, 2.05) is 13.0 Å². The number of aryl methyl sites for hydroxylation is 1. The first-order chi connectivity index (χ1) is 14.1. The molecule has 4 heterocycles. The van der Waals surface area contributed by atoms with Gasteiger partial charge in [0.25, 0.3) is 0 Å². The molecule has 1 saturated heterocycles. The maximum absolute atomic E-state index is 6.08. The normalized spacial score (nSPS) is 19.6. The van der Waals surface area contributed by atoms with E-state index in [1.54, 1.807) is 0 Å². The van der Waals surface area contributed by atoms with Crippen molar-refractivity contribution in [1.82, 2.24) is 19.9 Å². The molecule has 2 aromatic heterocycles. The van der Waals surface area contributed by atoms with Crippen LogP contribution in [0.15, 0.2) is 24.3 Å². The number of pyridine rings is 1. The number of hydrogen-bond acceptors (Lipinski definition) is 6. The Morgan fingerprint density at radius 2 is 2.07 bits per heavy atom. The van der Waals surface area contributed by atoms with Gasteiger partial charge in [0, 0.05) is 37.1 Å². The number of nitrogens with zero attached hydrogens (tertiary/aromatic N) is 3. The number of benzene rings is 1. The Hall–Kier alpha value is -2.64. The zero-order valence-electron chi connectivity index (χ0n) is 17.0. The molecule has 4 N–H and O–H groups in total. The summed E-state index contributed by atoms with van der Waals surface area (Å²) in [5, 5.41) is 3.70. The highest BCUT2D eigenvalue weighted by molar-refractivity contribution is 5.79. The van der Waals surface area contributed by atoms with Gasteiger partial charge in [0.05, 0.1) is 6.04 Å². The second kappa shape index (κ2) is 7.31. The highest BCUT2D eigenvalue weighted by Gasteiger charge is 2.28. The summed E-state index contributed by atoms with van der Waals surface area (Å²) in [4.78, 5) is 14.7. The topological polar surface area (TPSA) is 92.1 Å². The van der Waals surface area contributed by atoms with Crippen LogP contribution in [0, 0.1) is 6.92 Å². The average molecular weight is 393 g/mol. The SMILES string of the molecule is Cc1nc2c(C3Cc4c(CN(C)C5CCOCC5)cccc4N3)cc(N)nc2[nH]1. The van der Waals surface area contributed by atoms with Crippen molar-refractivity contribution in [2.45, 2.75) is 44.8 Å². The molecule has 1 unspecified atom stereocenters. The molecular weight excluding hydrogens is 364 g/mol. The molecule has 152 valence electrons. The van der Waals surface area contributed by atoms with Crippen LogP contribution in [-0.2, 0) is 17.7 Å². The number of imidazole rings is 1. The summed E-state index contributed by atoms with van der Waals surface area (Å²) in [6.07, 6.45) is 3.15. The van der Waals surface area contributed by atoms with Gasteiger partial charge in [0.1, 0.15) is 17.2 Å². The van der Waals surface area contributed by atoms with Crippen LogP contribution in [0.4, 0.5) is 11.5 Å². The van der Waals surface area contributed by atoms with E-state index >= 15 is 0 Å². The maximum atomic E-state index is 6.08. The Morgan fingerprint density at radius 1 is 1.24 bits per heavy atom. The van der Waals surface area contributed by atoms with Gasteiger partial charge in [-0.1, -0.05) is 12.1 Å². The zero-order chi connectivity index (χ0) is 20.0. The van der Waals surface area contributed by atoms with Crippen molar-refractivity contribution in [3.8, 4) is 0 Å². The monoisotopic (exact) mass is 392 g/mol. The minimum Gasteiger partial charge on any atom is -0.384 e. The number of H-pyrrole nitrogens is 1. The zero-order valence-corrected chi connectivity index (χ0v) is 17.0. The lowest BCUT2D eigenvalue weighted by atomic mass is 9.98. The summed E-state index contributed by atoms with van der Waals surface area (Å²) in [6.45, 7) is 4.64. The molecule has 1 aromatic carbocycles. The van der Waals surface area contributed by atoms with Gasteiger partial charge < -0.3 is 20.8 Å². The van der Waals surface area contributed by atoms with Crippen molar-refractivity contribution in [1.29, 1.82) is 0 Å². The molecular formula is C22H28N6O. The van der Waals surface area contributed by atoms with E-state index in [-0.39, 0.29) is 6.04 Å². The highest BCUT2D eigenvalue weighted by Crippen LogP contribution is 2.39. The van der Waals surface area contributed by atoms with Gasteiger partial charge in [0.15, 0.2) is 5.65 Å². The van der Waals surface area contributed by atoms with Crippen LogP contribution >= 0.6 is 0 Å². The summed E-state index contributed by atoms with van der Waals surface area (Å²) in [6, 6.07) is 9.28. The van der Waals surface area contributed by atoms with Crippen LogP contribution < -0.4 is 11.1 Å². The molecule has 3 aromatic rings. The highest BCUT2D eigenvalue weighted by atomic mass is 16.5. The molecule has 29 heavy (non-hydrogen) atoms. The molecule has 0 aliphatic carbocycles. The number of rotatable bonds is 4. The summed E-state index contributed by atoms with van der Waals surface area (Å²) < 4.78 is 5.52. The van der Waals surface area contributed by atoms with Gasteiger partial charge in [0.2, 0.25) is 0 Å². The fraction of sp³-hybridized carbons (Fsp3) is 0.455. The van der Waals surface area contributed by atoms with E-state index in [1.165, 1.54) is 16.8 Å². The van der Waals surface area contributed by atoms with Crippen molar-refractivity contribution >= 4 is 22.7 Å². The first kappa shape index (κ1) is 18.4. The predicted octanol–water partition coefficient (Wildman–Crippen LogP) is 3.17. The lowest BCUT2D eigenvalue weighted by molar-refractivity contribution is 0.0406. The molecule has 1 fully saturated rings. The third kappa shape index (κ3) is 3.45. The largest absolute Gasteiger partial charge is 0.384 e. The molecule has 0 radical (unpaired) electrons. The minimum absolute atomic E-state index is 0.148. The Morgan fingerprint density at radius 3 is 2.90 bits per heavy atom. The first-order valence-electron chi connectivity index (χ1n) is 10.4. The third-order valence-electron chi connectivity index (χ3n) is 6.24. The molecule has 7 heteroatoms. The third-order valence-corrected chi connectivity index (χ3v) is 6.24. The van der Waals surface area contributed by atoms with E-state index in [4.69, 9.17) is 10.5 Å². The van der Waals surface area contributed by atoms with Crippen molar-refractivity contribution in [3.05, 3.63) is 46.8 Å². The molecule has 5 rings (SSSR count). The summed E-state index contributed by atoms with van der Waals surface area (Å²) in [7, 11) is 2.23. The summed E-state index contributed by atoms with van der Waals surface area (Å²) >= 11 is 0. The van der Waals surface area contributed by atoms with E-state index in [2.05, 4.69) is 50.4 Å². The van der Waals surface area contributed by atoms with Crippen LogP contribution in [0.5, 0.6) is 0 Å². The Bertz CT molecular complexity index is 1040. The Kier molecular flexibility index (Phi) is 4.64. The van der Waals surface area contributed by atoms with Gasteiger partial charge in [-0.05, 0) is 56.5 Å². The molecule has 2 aliphatic rings. The Labute approximate surface area is 170 Å². The van der Waals surface area contributed by atoms with E-state index in [0.29, 0.717) is 11.9 Å². The van der Waals surface area contributed by atoms with Crippen molar-refractivity contribution < 1.29 is 4.74 Å². The molecule has 2 aliphatic heterocycles. The van der Waals surface area contributed by atoms with Crippen molar-refractivity contribution in [2.24, 2.45) is 0 Å². The van der Waals surface area contributed by atoms with Gasteiger partial charge >= 0.3 is 0 Å². The average Bonchev–Trinajstić information content (AvgIpc) is 3.31. The van der Waals surface area contributed by atoms with E-state index < -0.39 is 0 Å². The van der Waals surface area contributed by atoms with E-state index in [0.717, 1.165) is 61.6 Å². The van der Waals surface area contributed by atoms with Crippen LogP contribution in [0.1, 0.15) is 41.4 Å². The van der Waals surface area contributed by atoms with Crippen LogP contribution in [0.3, 0.4) is 0 Å². The lowest BCUT2D eigenvalue weighted by Gasteiger charge is -2.31. The number of fused-ring (bicyclic) bond motifs is 2. The number of hydrogen-bond donors (Lipinski definition) is 3. The maximum Gasteiger partial charge on any atom is 0.160 e. The molecule has 7 nitrogen and oxygen atoms in total. The first-order valence-corrected chi connectivity index (χ1v) is 10.4. The fourth-order valence-electron chi connectivity index (χ4n) is 4.73. The quantitative estimate of drug-likeness (QED) is 0.632. The number of ether oxygens (including phenoxy) is 1. The minimum atomic E-state index is 0.148. The van der Waals surface area contributed by atoms with Gasteiger partial charge in [-0.2, -0.15) is 0 Å².